The lowest BCUT2D eigenvalue weighted by molar-refractivity contribution is 0.129. The van der Waals surface area contributed by atoms with Gasteiger partial charge in [-0.05, 0) is 5.56 Å². The molecule has 3 heteroatoms. The van der Waals surface area contributed by atoms with Crippen molar-refractivity contribution >= 4 is 13.3 Å². The smallest absolute Gasteiger partial charge is 0.113 e. The Morgan fingerprint density at radius 2 is 1.47 bits per heavy atom. The first-order chi connectivity index (χ1) is 7.12. The predicted molar refractivity (Wildman–Crippen MR) is 64.7 cm³/mol. The number of rotatable bonds is 3. The number of aliphatic hydroxyl groups excluding tert-OH is 2. The third kappa shape index (κ3) is 3.69. The second-order valence-corrected chi connectivity index (χ2v) is 3.50. The van der Waals surface area contributed by atoms with E-state index in [2.05, 4.69) is 0 Å². The first kappa shape index (κ1) is 14.2. The summed E-state index contributed by atoms with van der Waals surface area (Å²) in [5.74, 6) is 0. The third-order valence-corrected chi connectivity index (χ3v) is 2.31. The van der Waals surface area contributed by atoms with Gasteiger partial charge in [0.15, 0.2) is 0 Å². The minimum atomic E-state index is -0.576. The van der Waals surface area contributed by atoms with Crippen molar-refractivity contribution in [3.63, 3.8) is 0 Å². The summed E-state index contributed by atoms with van der Waals surface area (Å²) in [5.41, 5.74) is 1.00. The van der Waals surface area contributed by atoms with Gasteiger partial charge in [0.2, 0.25) is 0 Å². The monoisotopic (exact) mass is 206 g/mol. The van der Waals surface area contributed by atoms with Gasteiger partial charge in [0.05, 0.1) is 13.2 Å². The van der Waals surface area contributed by atoms with Gasteiger partial charge in [0.25, 0.3) is 0 Å². The summed E-state index contributed by atoms with van der Waals surface area (Å²) in [4.78, 5) is 0. The molecule has 2 radical (unpaired) electrons. The van der Waals surface area contributed by atoms with E-state index in [1.165, 1.54) is 0 Å². The van der Waals surface area contributed by atoms with E-state index >= 15 is 0 Å². The number of aliphatic hydroxyl groups is 2. The highest BCUT2D eigenvalue weighted by molar-refractivity contribution is 6.32. The number of hydrogen-bond acceptors (Lipinski definition) is 2. The van der Waals surface area contributed by atoms with Crippen molar-refractivity contribution in [2.24, 2.45) is 0 Å². The van der Waals surface area contributed by atoms with Crippen molar-refractivity contribution < 1.29 is 10.2 Å². The molecule has 0 aliphatic rings. The second kappa shape index (κ2) is 6.65. The summed E-state index contributed by atoms with van der Waals surface area (Å²) in [5, 5.41) is 18.2. The molecule has 0 saturated carbocycles. The highest BCUT2D eigenvalue weighted by Crippen LogP contribution is 2.21. The van der Waals surface area contributed by atoms with Crippen molar-refractivity contribution in [1.82, 2.24) is 0 Å². The standard InChI is InChI=1S/C10H13BO2.C2H6/c1-10(6-12,7-13)8-2-4-9(11)5-3-8;1-2/h2-5,12-13H,6-7H2,1H3;1-2H3. The molecule has 2 nitrogen and oxygen atoms in total. The summed E-state index contributed by atoms with van der Waals surface area (Å²) in [6.45, 7) is 5.65. The minimum absolute atomic E-state index is 0.0760. The van der Waals surface area contributed by atoms with Crippen LogP contribution < -0.4 is 5.46 Å². The Labute approximate surface area is 93.4 Å². The molecule has 0 bridgehead atoms. The lowest BCUT2D eigenvalue weighted by Gasteiger charge is -2.25. The van der Waals surface area contributed by atoms with Gasteiger partial charge in [-0.15, -0.1) is 0 Å². The zero-order chi connectivity index (χ0) is 11.9. The molecule has 1 rings (SSSR count). The molecule has 0 spiro atoms. The molecule has 0 unspecified atom stereocenters. The summed E-state index contributed by atoms with van der Waals surface area (Å²) in [7, 11) is 5.53. The molecule has 0 amide bonds. The molecular weight excluding hydrogens is 187 g/mol. The van der Waals surface area contributed by atoms with Crippen molar-refractivity contribution in [2.45, 2.75) is 26.2 Å². The van der Waals surface area contributed by atoms with Crippen LogP contribution in [0.25, 0.3) is 0 Å². The Morgan fingerprint density at radius 1 is 1.07 bits per heavy atom. The van der Waals surface area contributed by atoms with Crippen LogP contribution in [0.15, 0.2) is 24.3 Å². The topological polar surface area (TPSA) is 40.5 Å². The lowest BCUT2D eigenvalue weighted by Crippen LogP contribution is -2.31. The summed E-state index contributed by atoms with van der Waals surface area (Å²) in [6, 6.07) is 7.17. The highest BCUT2D eigenvalue weighted by Gasteiger charge is 2.24. The lowest BCUT2D eigenvalue weighted by atomic mass is 9.82. The van der Waals surface area contributed by atoms with Gasteiger partial charge in [-0.1, -0.05) is 50.5 Å². The van der Waals surface area contributed by atoms with Gasteiger partial charge in [0.1, 0.15) is 7.85 Å². The molecule has 0 aromatic heterocycles. The van der Waals surface area contributed by atoms with E-state index in [9.17, 15) is 0 Å². The van der Waals surface area contributed by atoms with Crippen LogP contribution in [0, 0.1) is 0 Å². The van der Waals surface area contributed by atoms with Crippen LogP contribution in [0.4, 0.5) is 0 Å². The second-order valence-electron chi connectivity index (χ2n) is 3.50. The summed E-state index contributed by atoms with van der Waals surface area (Å²) < 4.78 is 0. The van der Waals surface area contributed by atoms with Gasteiger partial charge in [0, 0.05) is 5.41 Å². The zero-order valence-electron chi connectivity index (χ0n) is 9.70. The number of benzene rings is 1. The maximum atomic E-state index is 9.12. The third-order valence-electron chi connectivity index (χ3n) is 2.31. The maximum Gasteiger partial charge on any atom is 0.113 e. The molecule has 82 valence electrons. The largest absolute Gasteiger partial charge is 0.395 e. The van der Waals surface area contributed by atoms with Crippen LogP contribution in [0.2, 0.25) is 0 Å². The van der Waals surface area contributed by atoms with Gasteiger partial charge < -0.3 is 10.2 Å². The Morgan fingerprint density at radius 3 is 1.80 bits per heavy atom. The van der Waals surface area contributed by atoms with Crippen molar-refractivity contribution in [3.05, 3.63) is 29.8 Å². The summed E-state index contributed by atoms with van der Waals surface area (Å²) >= 11 is 0. The Kier molecular flexibility index (Phi) is 6.29. The molecule has 0 fully saturated rings. The van der Waals surface area contributed by atoms with Crippen LogP contribution in [0.1, 0.15) is 26.3 Å². The fraction of sp³-hybridized carbons (Fsp3) is 0.500. The first-order valence-corrected chi connectivity index (χ1v) is 5.20. The fourth-order valence-electron chi connectivity index (χ4n) is 1.12. The van der Waals surface area contributed by atoms with Crippen LogP contribution in [0.5, 0.6) is 0 Å². The van der Waals surface area contributed by atoms with E-state index in [1.807, 2.05) is 26.0 Å². The van der Waals surface area contributed by atoms with E-state index in [0.717, 1.165) is 5.56 Å². The molecule has 15 heavy (non-hydrogen) atoms. The molecule has 0 saturated heterocycles. The average Bonchev–Trinajstić information content (AvgIpc) is 2.31. The molecule has 1 aromatic rings. The SMILES string of the molecule is CC.[B]c1ccc(C(C)(CO)CO)cc1. The van der Waals surface area contributed by atoms with Gasteiger partial charge in [-0.25, -0.2) is 0 Å². The molecule has 0 atom stereocenters. The Hall–Kier alpha value is -0.795. The normalized spacial score (nSPS) is 10.5. The quantitative estimate of drug-likeness (QED) is 0.716. The van der Waals surface area contributed by atoms with E-state index in [-0.39, 0.29) is 13.2 Å². The average molecular weight is 206 g/mol. The molecule has 0 heterocycles. The van der Waals surface area contributed by atoms with Crippen molar-refractivity contribution in [2.75, 3.05) is 13.2 Å². The van der Waals surface area contributed by atoms with E-state index in [1.54, 1.807) is 19.1 Å². The molecular formula is C12H19BO2. The van der Waals surface area contributed by atoms with Gasteiger partial charge in [-0.2, -0.15) is 0 Å². The molecule has 0 aliphatic heterocycles. The minimum Gasteiger partial charge on any atom is -0.395 e. The van der Waals surface area contributed by atoms with Gasteiger partial charge >= 0.3 is 0 Å². The van der Waals surface area contributed by atoms with Crippen molar-refractivity contribution in [1.29, 1.82) is 0 Å². The van der Waals surface area contributed by atoms with Gasteiger partial charge in [-0.3, -0.25) is 0 Å². The molecule has 1 aromatic carbocycles. The predicted octanol–water partition coefficient (Wildman–Crippen LogP) is 0.749. The molecule has 2 N–H and O–H groups in total. The maximum absolute atomic E-state index is 9.12. The van der Waals surface area contributed by atoms with E-state index < -0.39 is 5.41 Å². The highest BCUT2D eigenvalue weighted by atomic mass is 16.3. The van der Waals surface area contributed by atoms with Crippen molar-refractivity contribution in [3.8, 4) is 0 Å². The summed E-state index contributed by atoms with van der Waals surface area (Å²) in [6.07, 6.45) is 0. The van der Waals surface area contributed by atoms with Crippen LogP contribution >= 0.6 is 0 Å². The Balaban J connectivity index is 0.000000921. The molecule has 0 aliphatic carbocycles. The first-order valence-electron chi connectivity index (χ1n) is 5.20. The van der Waals surface area contributed by atoms with Crippen LogP contribution in [-0.2, 0) is 5.41 Å². The van der Waals surface area contributed by atoms with Crippen LogP contribution in [-0.4, -0.2) is 31.3 Å². The fourth-order valence-corrected chi connectivity index (χ4v) is 1.12. The Bertz CT molecular complexity index is 265. The van der Waals surface area contributed by atoms with Crippen LogP contribution in [0.3, 0.4) is 0 Å². The zero-order valence-corrected chi connectivity index (χ0v) is 9.70. The van der Waals surface area contributed by atoms with E-state index in [0.29, 0.717) is 5.46 Å². The number of hydrogen-bond donors (Lipinski definition) is 2. The van der Waals surface area contributed by atoms with E-state index in [4.69, 9.17) is 18.1 Å².